The van der Waals surface area contributed by atoms with E-state index in [1.54, 1.807) is 24.7 Å². The molecule has 0 radical (unpaired) electrons. The molecule has 0 saturated carbocycles. The summed E-state index contributed by atoms with van der Waals surface area (Å²) < 4.78 is 1.04. The molecule has 2 aromatic heterocycles. The lowest BCUT2D eigenvalue weighted by Crippen LogP contribution is -2.33. The molecule has 0 aliphatic heterocycles. The van der Waals surface area contributed by atoms with E-state index in [4.69, 9.17) is 0 Å². The van der Waals surface area contributed by atoms with Crippen molar-refractivity contribution in [2.75, 3.05) is 25.5 Å². The number of thiophene rings is 1. The van der Waals surface area contributed by atoms with E-state index in [2.05, 4.69) is 48.7 Å². The molecule has 0 fully saturated rings. The zero-order chi connectivity index (χ0) is 16.4. The Balaban J connectivity index is 2.10. The highest BCUT2D eigenvalue weighted by atomic mass is 79.9. The molecule has 1 N–H and O–H groups in total. The Morgan fingerprint density at radius 2 is 2.04 bits per heavy atom. The predicted molar refractivity (Wildman–Crippen MR) is 97.9 cm³/mol. The molecule has 3 rings (SSSR count). The van der Waals surface area contributed by atoms with E-state index in [0.29, 0.717) is 0 Å². The van der Waals surface area contributed by atoms with Gasteiger partial charge in [0.05, 0.1) is 11.9 Å². The number of amides is 1. The fraction of sp³-hybridized carbons (Fsp3) is 0.188. The zero-order valence-electron chi connectivity index (χ0n) is 12.7. The van der Waals surface area contributed by atoms with E-state index in [9.17, 15) is 4.79 Å². The average molecular weight is 391 g/mol. The first-order chi connectivity index (χ1) is 11.1. The summed E-state index contributed by atoms with van der Waals surface area (Å²) in [5, 5.41) is 5.69. The van der Waals surface area contributed by atoms with Crippen LogP contribution in [-0.4, -0.2) is 36.5 Å². The monoisotopic (exact) mass is 390 g/mol. The van der Waals surface area contributed by atoms with Crippen molar-refractivity contribution in [2.24, 2.45) is 0 Å². The molecule has 0 atom stereocenters. The van der Waals surface area contributed by atoms with Crippen molar-refractivity contribution in [2.45, 2.75) is 0 Å². The van der Waals surface area contributed by atoms with Gasteiger partial charge in [0.25, 0.3) is 0 Å². The predicted octanol–water partition coefficient (Wildman–Crippen LogP) is 3.30. The number of carbonyl (C=O) groups is 1. The summed E-state index contributed by atoms with van der Waals surface area (Å²) in [6.07, 6.45) is 1.54. The molecule has 1 aromatic carbocycles. The maximum absolute atomic E-state index is 11.7. The Hall–Kier alpha value is -1.99. The van der Waals surface area contributed by atoms with Gasteiger partial charge in [-0.05, 0) is 17.7 Å². The first-order valence-corrected chi connectivity index (χ1v) is 8.67. The van der Waals surface area contributed by atoms with Crippen LogP contribution >= 0.6 is 27.3 Å². The number of aromatic nitrogens is 2. The highest BCUT2D eigenvalue weighted by Gasteiger charge is 2.17. The van der Waals surface area contributed by atoms with Crippen molar-refractivity contribution >= 4 is 49.2 Å². The van der Waals surface area contributed by atoms with E-state index >= 15 is 0 Å². The number of rotatable bonds is 4. The summed E-state index contributed by atoms with van der Waals surface area (Å²) in [5.41, 5.74) is 2.18. The Morgan fingerprint density at radius 1 is 1.30 bits per heavy atom. The molecule has 0 bridgehead atoms. The number of carbonyl (C=O) groups excluding carboxylic acids is 1. The minimum absolute atomic E-state index is 0.0558. The van der Waals surface area contributed by atoms with Crippen LogP contribution in [0.2, 0.25) is 0 Å². The standard InChI is InChI=1S/C16H15BrN4OS/c1-18-13(22)7-21(2)15-14-12(8-23-16(14)20-9-19-15)10-3-5-11(17)6-4-10/h3-6,8-9H,7H2,1-2H3,(H,18,22). The number of hydrogen-bond acceptors (Lipinski definition) is 5. The lowest BCUT2D eigenvalue weighted by atomic mass is 10.1. The third-order valence-electron chi connectivity index (χ3n) is 3.53. The van der Waals surface area contributed by atoms with Crippen LogP contribution in [0.1, 0.15) is 0 Å². The fourth-order valence-electron chi connectivity index (χ4n) is 2.36. The second-order valence-electron chi connectivity index (χ2n) is 5.06. The van der Waals surface area contributed by atoms with Crippen LogP contribution in [0.5, 0.6) is 0 Å². The molecule has 118 valence electrons. The molecule has 1 amide bonds. The minimum atomic E-state index is -0.0558. The number of hydrogen-bond donors (Lipinski definition) is 1. The van der Waals surface area contributed by atoms with Gasteiger partial charge in [-0.25, -0.2) is 9.97 Å². The van der Waals surface area contributed by atoms with E-state index in [1.165, 1.54) is 0 Å². The molecule has 0 spiro atoms. The minimum Gasteiger partial charge on any atom is -0.358 e. The highest BCUT2D eigenvalue weighted by Crippen LogP contribution is 2.37. The summed E-state index contributed by atoms with van der Waals surface area (Å²) in [7, 11) is 3.49. The van der Waals surface area contributed by atoms with Crippen molar-refractivity contribution in [3.8, 4) is 11.1 Å². The van der Waals surface area contributed by atoms with Gasteiger partial charge in [0.1, 0.15) is 17.0 Å². The highest BCUT2D eigenvalue weighted by molar-refractivity contribution is 9.10. The van der Waals surface area contributed by atoms with E-state index < -0.39 is 0 Å². The van der Waals surface area contributed by atoms with Crippen LogP contribution in [0.15, 0.2) is 40.4 Å². The lowest BCUT2D eigenvalue weighted by Gasteiger charge is -2.18. The third kappa shape index (κ3) is 3.20. The van der Waals surface area contributed by atoms with Crippen LogP contribution in [-0.2, 0) is 4.79 Å². The van der Waals surface area contributed by atoms with Gasteiger partial charge in [0.2, 0.25) is 5.91 Å². The molecule has 0 aliphatic rings. The molecule has 0 aliphatic carbocycles. The van der Waals surface area contributed by atoms with Gasteiger partial charge in [-0.1, -0.05) is 28.1 Å². The molecule has 0 saturated heterocycles. The number of likely N-dealkylation sites (N-methyl/N-ethyl adjacent to an activating group) is 2. The van der Waals surface area contributed by atoms with Crippen LogP contribution in [0.3, 0.4) is 0 Å². The van der Waals surface area contributed by atoms with Gasteiger partial charge in [-0.2, -0.15) is 0 Å². The Labute approximate surface area is 146 Å². The molecule has 0 unspecified atom stereocenters. The van der Waals surface area contributed by atoms with Crippen molar-refractivity contribution < 1.29 is 4.79 Å². The lowest BCUT2D eigenvalue weighted by molar-refractivity contribution is -0.119. The van der Waals surface area contributed by atoms with E-state index in [0.717, 1.165) is 31.6 Å². The summed E-state index contributed by atoms with van der Waals surface area (Å²) >= 11 is 5.04. The molecule has 7 heteroatoms. The van der Waals surface area contributed by atoms with Crippen LogP contribution < -0.4 is 10.2 Å². The van der Waals surface area contributed by atoms with E-state index in [-0.39, 0.29) is 12.5 Å². The SMILES string of the molecule is CNC(=O)CN(C)c1ncnc2scc(-c3ccc(Br)cc3)c12. The summed E-state index contributed by atoms with van der Waals surface area (Å²) in [6, 6.07) is 8.13. The Morgan fingerprint density at radius 3 is 2.74 bits per heavy atom. The van der Waals surface area contributed by atoms with Crippen molar-refractivity contribution in [1.29, 1.82) is 0 Å². The van der Waals surface area contributed by atoms with Crippen LogP contribution in [0, 0.1) is 0 Å². The van der Waals surface area contributed by atoms with Crippen LogP contribution in [0.25, 0.3) is 21.3 Å². The largest absolute Gasteiger partial charge is 0.358 e. The zero-order valence-corrected chi connectivity index (χ0v) is 15.1. The average Bonchev–Trinajstić information content (AvgIpc) is 2.99. The van der Waals surface area contributed by atoms with E-state index in [1.807, 2.05) is 24.1 Å². The molecule has 23 heavy (non-hydrogen) atoms. The molecule has 3 aromatic rings. The Bertz CT molecular complexity index is 847. The van der Waals surface area contributed by atoms with Crippen molar-refractivity contribution in [1.82, 2.24) is 15.3 Å². The number of fused-ring (bicyclic) bond motifs is 1. The maximum atomic E-state index is 11.7. The van der Waals surface area contributed by atoms with Crippen LogP contribution in [0.4, 0.5) is 5.82 Å². The molecular weight excluding hydrogens is 376 g/mol. The normalized spacial score (nSPS) is 10.7. The number of nitrogens with zero attached hydrogens (tertiary/aromatic N) is 3. The maximum Gasteiger partial charge on any atom is 0.239 e. The van der Waals surface area contributed by atoms with Gasteiger partial charge in [0.15, 0.2) is 0 Å². The summed E-state index contributed by atoms with van der Waals surface area (Å²) in [4.78, 5) is 23.2. The van der Waals surface area contributed by atoms with Gasteiger partial charge in [0, 0.05) is 29.5 Å². The topological polar surface area (TPSA) is 58.1 Å². The molecule has 5 nitrogen and oxygen atoms in total. The molecule has 2 heterocycles. The first-order valence-electron chi connectivity index (χ1n) is 7.00. The number of anilines is 1. The fourth-order valence-corrected chi connectivity index (χ4v) is 3.53. The third-order valence-corrected chi connectivity index (χ3v) is 4.94. The number of benzene rings is 1. The second kappa shape index (κ2) is 6.64. The van der Waals surface area contributed by atoms with Gasteiger partial charge in [-0.15, -0.1) is 11.3 Å². The molecular formula is C16H15BrN4OS. The van der Waals surface area contributed by atoms with Gasteiger partial charge >= 0.3 is 0 Å². The smallest absolute Gasteiger partial charge is 0.239 e. The van der Waals surface area contributed by atoms with Gasteiger partial charge < -0.3 is 10.2 Å². The summed E-state index contributed by atoms with van der Waals surface area (Å²) in [5.74, 6) is 0.706. The van der Waals surface area contributed by atoms with Crippen molar-refractivity contribution in [3.63, 3.8) is 0 Å². The summed E-state index contributed by atoms with van der Waals surface area (Å²) in [6.45, 7) is 0.248. The first kappa shape index (κ1) is 15.9. The Kier molecular flexibility index (Phi) is 4.58. The van der Waals surface area contributed by atoms with Crippen molar-refractivity contribution in [3.05, 3.63) is 40.4 Å². The number of halogens is 1. The second-order valence-corrected chi connectivity index (χ2v) is 6.84. The van der Waals surface area contributed by atoms with Gasteiger partial charge in [-0.3, -0.25) is 4.79 Å². The number of nitrogens with one attached hydrogen (secondary N) is 1. The quantitative estimate of drug-likeness (QED) is 0.742.